The first-order valence-electron chi connectivity index (χ1n) is 6.03. The van der Waals surface area contributed by atoms with Crippen LogP contribution >= 0.6 is 11.6 Å². The Balaban J connectivity index is 2.31. The van der Waals surface area contributed by atoms with Crippen LogP contribution in [0.15, 0.2) is 36.4 Å². The molecule has 0 unspecified atom stereocenters. The number of nitrogen functional groups attached to an aromatic ring is 1. The molecule has 0 bridgehead atoms. The molecule has 4 nitrogen and oxygen atoms in total. The van der Waals surface area contributed by atoms with Crippen molar-refractivity contribution in [3.8, 4) is 5.75 Å². The van der Waals surface area contributed by atoms with E-state index in [9.17, 15) is 4.79 Å². The Kier molecular flexibility index (Phi) is 4.15. The van der Waals surface area contributed by atoms with Crippen LogP contribution in [-0.2, 0) is 0 Å². The summed E-state index contributed by atoms with van der Waals surface area (Å²) >= 11 is 5.88. The lowest BCUT2D eigenvalue weighted by atomic mass is 10.1. The van der Waals surface area contributed by atoms with Crippen LogP contribution in [0.25, 0.3) is 0 Å². The van der Waals surface area contributed by atoms with E-state index in [0.29, 0.717) is 27.7 Å². The van der Waals surface area contributed by atoms with Gasteiger partial charge in [0.2, 0.25) is 0 Å². The molecule has 20 heavy (non-hydrogen) atoms. The van der Waals surface area contributed by atoms with Gasteiger partial charge in [0.1, 0.15) is 5.75 Å². The number of hydrogen-bond donors (Lipinski definition) is 2. The lowest BCUT2D eigenvalue weighted by Crippen LogP contribution is -2.14. The van der Waals surface area contributed by atoms with Gasteiger partial charge in [-0.05, 0) is 42.8 Å². The molecule has 2 aromatic carbocycles. The van der Waals surface area contributed by atoms with Gasteiger partial charge in [0.25, 0.3) is 5.91 Å². The van der Waals surface area contributed by atoms with E-state index in [2.05, 4.69) is 5.32 Å². The highest BCUT2D eigenvalue weighted by molar-refractivity contribution is 6.31. The smallest absolute Gasteiger partial charge is 0.259 e. The molecule has 1 amide bonds. The second kappa shape index (κ2) is 5.84. The molecule has 0 aliphatic carbocycles. The van der Waals surface area contributed by atoms with Gasteiger partial charge in [0.15, 0.2) is 0 Å². The zero-order valence-corrected chi connectivity index (χ0v) is 12.0. The van der Waals surface area contributed by atoms with Crippen LogP contribution < -0.4 is 15.8 Å². The third-order valence-corrected chi connectivity index (χ3v) is 3.27. The van der Waals surface area contributed by atoms with Gasteiger partial charge in [-0.2, -0.15) is 0 Å². The van der Waals surface area contributed by atoms with Crippen molar-refractivity contribution in [2.45, 2.75) is 6.92 Å². The standard InChI is InChI=1S/C15H15ClN2O2/c1-9-12(17)4-3-5-13(9)18-15(19)11-7-6-10(16)8-14(11)20-2/h3-8H,17H2,1-2H3,(H,18,19). The van der Waals surface area contributed by atoms with Crippen LogP contribution in [-0.4, -0.2) is 13.0 Å². The molecule has 0 aliphatic rings. The number of hydrogen-bond acceptors (Lipinski definition) is 3. The molecule has 0 spiro atoms. The average molecular weight is 291 g/mol. The Hall–Kier alpha value is -2.20. The van der Waals surface area contributed by atoms with E-state index in [1.165, 1.54) is 7.11 Å². The molecule has 0 radical (unpaired) electrons. The number of ether oxygens (including phenoxy) is 1. The molecule has 0 aliphatic heterocycles. The van der Waals surface area contributed by atoms with Crippen molar-refractivity contribution in [1.82, 2.24) is 0 Å². The van der Waals surface area contributed by atoms with Crippen LogP contribution in [0.4, 0.5) is 11.4 Å². The van der Waals surface area contributed by atoms with Crippen molar-refractivity contribution in [2.75, 3.05) is 18.2 Å². The Morgan fingerprint density at radius 3 is 2.75 bits per heavy atom. The Labute approximate surface area is 122 Å². The molecule has 0 atom stereocenters. The highest BCUT2D eigenvalue weighted by atomic mass is 35.5. The largest absolute Gasteiger partial charge is 0.496 e. The van der Waals surface area contributed by atoms with Gasteiger partial charge < -0.3 is 15.8 Å². The predicted octanol–water partition coefficient (Wildman–Crippen LogP) is 3.49. The number of amides is 1. The van der Waals surface area contributed by atoms with Crippen molar-refractivity contribution >= 4 is 28.9 Å². The topological polar surface area (TPSA) is 64.3 Å². The highest BCUT2D eigenvalue weighted by Crippen LogP contribution is 2.26. The van der Waals surface area contributed by atoms with Gasteiger partial charge in [-0.3, -0.25) is 4.79 Å². The number of carbonyl (C=O) groups is 1. The van der Waals surface area contributed by atoms with E-state index in [0.717, 1.165) is 5.56 Å². The predicted molar refractivity (Wildman–Crippen MR) is 81.5 cm³/mol. The maximum Gasteiger partial charge on any atom is 0.259 e. The third kappa shape index (κ3) is 2.86. The lowest BCUT2D eigenvalue weighted by molar-refractivity contribution is 0.102. The summed E-state index contributed by atoms with van der Waals surface area (Å²) in [6, 6.07) is 10.2. The van der Waals surface area contributed by atoms with Crippen molar-refractivity contribution < 1.29 is 9.53 Å². The number of methoxy groups -OCH3 is 1. The van der Waals surface area contributed by atoms with Crippen molar-refractivity contribution in [3.05, 3.63) is 52.5 Å². The van der Waals surface area contributed by atoms with Gasteiger partial charge in [-0.15, -0.1) is 0 Å². The summed E-state index contributed by atoms with van der Waals surface area (Å²) < 4.78 is 5.17. The van der Waals surface area contributed by atoms with Crippen LogP contribution in [0.3, 0.4) is 0 Å². The summed E-state index contributed by atoms with van der Waals surface area (Å²) in [5, 5.41) is 3.33. The number of nitrogens with one attached hydrogen (secondary N) is 1. The average Bonchev–Trinajstić information content (AvgIpc) is 2.43. The fourth-order valence-electron chi connectivity index (χ4n) is 1.83. The van der Waals surface area contributed by atoms with Crippen LogP contribution in [0, 0.1) is 6.92 Å². The van der Waals surface area contributed by atoms with Gasteiger partial charge >= 0.3 is 0 Å². The van der Waals surface area contributed by atoms with E-state index in [1.807, 2.05) is 6.92 Å². The maximum absolute atomic E-state index is 12.3. The zero-order chi connectivity index (χ0) is 14.7. The van der Waals surface area contributed by atoms with E-state index < -0.39 is 0 Å². The Bertz CT molecular complexity index is 656. The fourth-order valence-corrected chi connectivity index (χ4v) is 1.99. The van der Waals surface area contributed by atoms with E-state index in [-0.39, 0.29) is 5.91 Å². The summed E-state index contributed by atoms with van der Waals surface area (Å²) in [6.45, 7) is 1.85. The van der Waals surface area contributed by atoms with E-state index in [1.54, 1.807) is 36.4 Å². The molecular weight excluding hydrogens is 276 g/mol. The summed E-state index contributed by atoms with van der Waals surface area (Å²) in [5.74, 6) is 0.156. The number of rotatable bonds is 3. The molecule has 0 saturated heterocycles. The van der Waals surface area contributed by atoms with Gasteiger partial charge in [-0.1, -0.05) is 17.7 Å². The first-order chi connectivity index (χ1) is 9.52. The first kappa shape index (κ1) is 14.2. The second-order valence-corrected chi connectivity index (χ2v) is 4.75. The van der Waals surface area contributed by atoms with Crippen LogP contribution in [0.2, 0.25) is 5.02 Å². The minimum absolute atomic E-state index is 0.271. The van der Waals surface area contributed by atoms with Crippen LogP contribution in [0.5, 0.6) is 5.75 Å². The monoisotopic (exact) mass is 290 g/mol. The van der Waals surface area contributed by atoms with Gasteiger partial charge in [-0.25, -0.2) is 0 Å². The highest BCUT2D eigenvalue weighted by Gasteiger charge is 2.14. The minimum Gasteiger partial charge on any atom is -0.496 e. The van der Waals surface area contributed by atoms with Gasteiger partial charge in [0.05, 0.1) is 12.7 Å². The molecule has 3 N–H and O–H groups in total. The van der Waals surface area contributed by atoms with Crippen molar-refractivity contribution in [2.24, 2.45) is 0 Å². The first-order valence-corrected chi connectivity index (χ1v) is 6.40. The van der Waals surface area contributed by atoms with E-state index in [4.69, 9.17) is 22.1 Å². The number of anilines is 2. The molecule has 2 aromatic rings. The number of benzene rings is 2. The molecule has 2 rings (SSSR count). The summed E-state index contributed by atoms with van der Waals surface area (Å²) in [6.07, 6.45) is 0. The fraction of sp³-hybridized carbons (Fsp3) is 0.133. The number of carbonyl (C=O) groups excluding carboxylic acids is 1. The number of nitrogens with two attached hydrogens (primary N) is 1. The summed E-state index contributed by atoms with van der Waals surface area (Å²) in [7, 11) is 1.49. The van der Waals surface area contributed by atoms with Crippen molar-refractivity contribution in [1.29, 1.82) is 0 Å². The van der Waals surface area contributed by atoms with Gasteiger partial charge in [0, 0.05) is 16.4 Å². The molecule has 0 saturated carbocycles. The molecular formula is C15H15ClN2O2. The molecule has 0 aromatic heterocycles. The normalized spacial score (nSPS) is 10.2. The minimum atomic E-state index is -0.271. The lowest BCUT2D eigenvalue weighted by Gasteiger charge is -2.12. The molecule has 0 heterocycles. The van der Waals surface area contributed by atoms with Crippen LogP contribution in [0.1, 0.15) is 15.9 Å². The second-order valence-electron chi connectivity index (χ2n) is 4.32. The summed E-state index contributed by atoms with van der Waals surface area (Å²) in [4.78, 5) is 12.3. The number of halogens is 1. The Morgan fingerprint density at radius 2 is 2.05 bits per heavy atom. The molecule has 104 valence electrons. The Morgan fingerprint density at radius 1 is 1.30 bits per heavy atom. The SMILES string of the molecule is COc1cc(Cl)ccc1C(=O)Nc1cccc(N)c1C. The van der Waals surface area contributed by atoms with Crippen molar-refractivity contribution in [3.63, 3.8) is 0 Å². The molecule has 5 heteroatoms. The zero-order valence-electron chi connectivity index (χ0n) is 11.2. The molecule has 0 fully saturated rings. The quantitative estimate of drug-likeness (QED) is 0.851. The maximum atomic E-state index is 12.3. The summed E-state index contributed by atoms with van der Waals surface area (Å²) in [5.41, 5.74) is 8.36. The third-order valence-electron chi connectivity index (χ3n) is 3.03. The van der Waals surface area contributed by atoms with E-state index >= 15 is 0 Å².